The maximum absolute atomic E-state index is 12.2. The molecule has 2 unspecified atom stereocenters. The van der Waals surface area contributed by atoms with Gasteiger partial charge in [0.1, 0.15) is 36.6 Å². The molecule has 1 radical (unpaired) electrons. The van der Waals surface area contributed by atoms with Gasteiger partial charge in [-0.05, 0) is 0 Å². The van der Waals surface area contributed by atoms with Crippen molar-refractivity contribution in [1.82, 2.24) is 9.55 Å². The van der Waals surface area contributed by atoms with E-state index in [0.717, 1.165) is 12.3 Å². The first kappa shape index (κ1) is 33.3. The van der Waals surface area contributed by atoms with Crippen molar-refractivity contribution < 1.29 is 77.2 Å². The maximum atomic E-state index is 12.2. The summed E-state index contributed by atoms with van der Waals surface area (Å²) in [7, 11) is -11.3. The van der Waals surface area contributed by atoms with Gasteiger partial charge in [-0.3, -0.25) is 23.4 Å². The van der Waals surface area contributed by atoms with Crippen LogP contribution in [-0.4, -0.2) is 141 Å². The van der Waals surface area contributed by atoms with E-state index in [1.807, 2.05) is 4.98 Å². The Hall–Kier alpha value is -0.870. The van der Waals surface area contributed by atoms with E-state index in [1.54, 1.807) is 0 Å². The number of aromatic nitrogens is 2. The number of hydrogen-bond acceptors (Lipinski definition) is 15. The number of carboxylic acid groups (broad SMARTS) is 1. The molecule has 2 aliphatic rings. The quantitative estimate of drug-likeness (QED) is 0.0941. The van der Waals surface area contributed by atoms with E-state index in [1.165, 1.54) is 0 Å². The van der Waals surface area contributed by atoms with Crippen molar-refractivity contribution in [3.8, 4) is 0 Å². The Morgan fingerprint density at radius 1 is 0.974 bits per heavy atom. The number of H-pyrrole nitrogens is 1. The maximum Gasteiger partial charge on any atom is 0.483 e. The van der Waals surface area contributed by atoms with Gasteiger partial charge in [-0.25, -0.2) is 18.7 Å². The number of rotatable bonds is 9. The molecule has 11 atom stereocenters. The summed E-state index contributed by atoms with van der Waals surface area (Å²) in [6, 6.07) is 0.910. The summed E-state index contributed by atoms with van der Waals surface area (Å²) in [5.74, 6) is -1.85. The molecule has 20 nitrogen and oxygen atoms in total. The Bertz CT molecular complexity index is 1210. The van der Waals surface area contributed by atoms with E-state index >= 15 is 0 Å². The van der Waals surface area contributed by atoms with Gasteiger partial charge in [-0.1, -0.05) is 0 Å². The molecule has 2 fully saturated rings. The Morgan fingerprint density at radius 3 is 2.18 bits per heavy atom. The Balaban J connectivity index is 0.00000507. The molecule has 0 aliphatic carbocycles. The van der Waals surface area contributed by atoms with Gasteiger partial charge in [-0.15, -0.1) is 0 Å². The monoisotopic (exact) mass is 603 g/mol. The third-order valence-corrected chi connectivity index (χ3v) is 7.72. The van der Waals surface area contributed by atoms with Gasteiger partial charge < -0.3 is 49.9 Å². The summed E-state index contributed by atoms with van der Waals surface area (Å²) >= 11 is 0. The van der Waals surface area contributed by atoms with Crippen LogP contribution in [-0.2, 0) is 36.8 Å². The Labute approximate surface area is 232 Å². The number of nitrogens with one attached hydrogen (secondary N) is 1. The summed E-state index contributed by atoms with van der Waals surface area (Å²) in [4.78, 5) is 55.5. The van der Waals surface area contributed by atoms with Crippen molar-refractivity contribution in [3.63, 3.8) is 0 Å². The summed E-state index contributed by atoms with van der Waals surface area (Å²) < 4.78 is 47.6. The van der Waals surface area contributed by atoms with E-state index in [4.69, 9.17) is 9.84 Å². The number of nitrogens with zero attached hydrogens (tertiary/aromatic N) is 1. The molecule has 0 aromatic carbocycles. The van der Waals surface area contributed by atoms with Crippen LogP contribution in [0.5, 0.6) is 0 Å². The number of aromatic amines is 1. The number of hydrogen-bond donors (Lipinski definition) is 9. The molecule has 0 saturated carbocycles. The van der Waals surface area contributed by atoms with E-state index in [9.17, 15) is 58.8 Å². The van der Waals surface area contributed by atoms with Crippen LogP contribution in [0.25, 0.3) is 0 Å². The van der Waals surface area contributed by atoms with Gasteiger partial charge in [0.25, 0.3) is 5.56 Å². The standard InChI is InChI=1S/C15H22N2O18P2.Na/c18-5-1-2-17(15(26)16-5)12-9(22)6(19)4(32-12)3-31-36(27,28)35-37(29,30)34-14-10(23)7(20)8(21)11(33-14)13(24)25;/h1-2,4,6-12,14,19-23H,3H2,(H,24,25)(H,27,28)(H,29,30)(H,16,18,26);/t4-,6-,7+,8+,9-,10-,11+,12-,14-;/m1./s1. The minimum Gasteiger partial charge on any atom is -0.479 e. The summed E-state index contributed by atoms with van der Waals surface area (Å²) in [6.07, 6.45) is -17.2. The van der Waals surface area contributed by atoms with Crippen molar-refractivity contribution in [2.75, 3.05) is 6.61 Å². The van der Waals surface area contributed by atoms with Gasteiger partial charge in [0.2, 0.25) is 0 Å². The second-order valence-corrected chi connectivity index (χ2v) is 10.7. The minimum atomic E-state index is -5.72. The van der Waals surface area contributed by atoms with Crippen LogP contribution in [0, 0.1) is 0 Å². The van der Waals surface area contributed by atoms with E-state index in [-0.39, 0.29) is 29.6 Å². The number of ether oxygens (including phenoxy) is 2. The predicted octanol–water partition coefficient (Wildman–Crippen LogP) is -5.08. The third kappa shape index (κ3) is 7.65. The molecule has 211 valence electrons. The van der Waals surface area contributed by atoms with Crippen LogP contribution in [0.15, 0.2) is 21.9 Å². The van der Waals surface area contributed by atoms with Crippen molar-refractivity contribution in [1.29, 1.82) is 0 Å². The van der Waals surface area contributed by atoms with Gasteiger partial charge in [0.05, 0.1) is 6.61 Å². The molecular formula is C15H22N2NaO18P2. The molecule has 0 spiro atoms. The van der Waals surface area contributed by atoms with E-state index < -0.39 is 94.7 Å². The van der Waals surface area contributed by atoms with Crippen molar-refractivity contribution in [3.05, 3.63) is 33.1 Å². The second kappa shape index (κ2) is 12.8. The first-order valence-corrected chi connectivity index (χ1v) is 13.0. The third-order valence-electron chi connectivity index (χ3n) is 5.12. The number of aliphatic hydroxyl groups excluding tert-OH is 5. The largest absolute Gasteiger partial charge is 0.483 e. The smallest absolute Gasteiger partial charge is 0.479 e. The average Bonchev–Trinajstić information content (AvgIpc) is 3.05. The zero-order chi connectivity index (χ0) is 27.9. The molecule has 3 heterocycles. The van der Waals surface area contributed by atoms with E-state index in [0.29, 0.717) is 4.57 Å². The first-order chi connectivity index (χ1) is 17.0. The van der Waals surface area contributed by atoms with Crippen molar-refractivity contribution in [2.24, 2.45) is 0 Å². The van der Waals surface area contributed by atoms with Crippen LogP contribution in [0.4, 0.5) is 0 Å². The zero-order valence-corrected chi connectivity index (χ0v) is 22.8. The van der Waals surface area contributed by atoms with E-state index in [2.05, 4.69) is 18.1 Å². The summed E-state index contributed by atoms with van der Waals surface area (Å²) in [5.41, 5.74) is -1.78. The van der Waals surface area contributed by atoms with Crippen molar-refractivity contribution in [2.45, 2.75) is 55.2 Å². The topological polar surface area (TPSA) is 314 Å². The number of phosphoric acid groups is 2. The molecule has 2 saturated heterocycles. The van der Waals surface area contributed by atoms with Gasteiger partial charge >= 0.3 is 27.3 Å². The summed E-state index contributed by atoms with van der Waals surface area (Å²) in [6.45, 7) is -1.07. The normalized spacial score (nSPS) is 36.6. The number of carbonyl (C=O) groups is 1. The predicted molar refractivity (Wildman–Crippen MR) is 115 cm³/mol. The number of carboxylic acids is 1. The minimum absolute atomic E-state index is 0. The van der Waals surface area contributed by atoms with Crippen LogP contribution < -0.4 is 11.2 Å². The molecular weight excluding hydrogens is 581 g/mol. The Morgan fingerprint density at radius 2 is 1.61 bits per heavy atom. The number of aliphatic carboxylic acids is 1. The molecule has 0 amide bonds. The summed E-state index contributed by atoms with van der Waals surface area (Å²) in [5, 5.41) is 58.3. The molecule has 23 heteroatoms. The van der Waals surface area contributed by atoms with Gasteiger partial charge in [0, 0.05) is 41.8 Å². The van der Waals surface area contributed by atoms with Gasteiger partial charge in [-0.2, -0.15) is 4.31 Å². The molecule has 3 rings (SSSR count). The molecule has 2 aliphatic heterocycles. The fraction of sp³-hybridized carbons (Fsp3) is 0.667. The molecule has 1 aromatic heterocycles. The van der Waals surface area contributed by atoms with Gasteiger partial charge in [0.15, 0.2) is 18.6 Å². The molecule has 38 heavy (non-hydrogen) atoms. The van der Waals surface area contributed by atoms with Crippen LogP contribution >= 0.6 is 15.6 Å². The fourth-order valence-electron chi connectivity index (χ4n) is 3.34. The second-order valence-electron chi connectivity index (χ2n) is 7.72. The molecule has 9 N–H and O–H groups in total. The van der Waals surface area contributed by atoms with Crippen LogP contribution in [0.1, 0.15) is 6.23 Å². The zero-order valence-electron chi connectivity index (χ0n) is 19.1. The first-order valence-electron chi connectivity index (χ1n) is 9.98. The number of phosphoric ester groups is 2. The SMILES string of the molecule is O=C(O)[C@H]1O[C@H](OP(=O)(O)OP(=O)(O)OC[C@H]2O[C@@H](n3ccc(=O)[nH]c3=O)[C@H](O)[C@@H]2O)[C@H](O)[C@@H](O)[C@@H]1O.[Na]. The van der Waals surface area contributed by atoms with Crippen LogP contribution in [0.3, 0.4) is 0 Å². The van der Waals surface area contributed by atoms with Crippen LogP contribution in [0.2, 0.25) is 0 Å². The Kier molecular flexibility index (Phi) is 11.2. The fourth-order valence-corrected chi connectivity index (χ4v) is 5.49. The van der Waals surface area contributed by atoms with Crippen molar-refractivity contribution >= 4 is 51.2 Å². The molecule has 0 bridgehead atoms. The molecule has 1 aromatic rings. The average molecular weight is 603 g/mol. The number of aliphatic hydroxyl groups is 5.